The van der Waals surface area contributed by atoms with Crippen molar-refractivity contribution in [1.29, 1.82) is 5.26 Å². The lowest BCUT2D eigenvalue weighted by atomic mass is 9.90. The lowest BCUT2D eigenvalue weighted by molar-refractivity contribution is -0.103. The highest BCUT2D eigenvalue weighted by Gasteiger charge is 2.56. The summed E-state index contributed by atoms with van der Waals surface area (Å²) in [6.07, 6.45) is -0.775. The van der Waals surface area contributed by atoms with Gasteiger partial charge in [-0.05, 0) is 60.1 Å². The van der Waals surface area contributed by atoms with E-state index in [1.165, 1.54) is 6.07 Å². The molecule has 188 valence electrons. The molecule has 0 spiro atoms. The van der Waals surface area contributed by atoms with E-state index in [0.717, 1.165) is 11.6 Å². The third kappa shape index (κ3) is 6.06. The smallest absolute Gasteiger partial charge is 0.412 e. The van der Waals surface area contributed by atoms with Gasteiger partial charge in [-0.3, -0.25) is 4.90 Å². The fraction of sp³-hybridized carbons (Fsp3) is 0.481. The number of rotatable bonds is 5. The Bertz CT molecular complexity index is 1120. The summed E-state index contributed by atoms with van der Waals surface area (Å²) in [5.74, 6) is -0.539. The Balaban J connectivity index is 2.04. The zero-order valence-electron chi connectivity index (χ0n) is 21.2. The molecule has 1 aliphatic heterocycles. The average molecular weight is 503 g/mol. The van der Waals surface area contributed by atoms with E-state index in [1.807, 2.05) is 84.9 Å². The van der Waals surface area contributed by atoms with Gasteiger partial charge in [0.1, 0.15) is 35.1 Å². The van der Waals surface area contributed by atoms with Crippen LogP contribution in [0, 0.1) is 17.1 Å². The first-order chi connectivity index (χ1) is 16.1. The second-order valence-electron chi connectivity index (χ2n) is 10.6. The van der Waals surface area contributed by atoms with Gasteiger partial charge in [-0.25, -0.2) is 9.18 Å². The summed E-state index contributed by atoms with van der Waals surface area (Å²) in [4.78, 5) is 14.9. The molecule has 0 radical (unpaired) electrons. The second-order valence-corrected chi connectivity index (χ2v) is 11.1. The lowest BCUT2D eigenvalue weighted by Gasteiger charge is -2.37. The van der Waals surface area contributed by atoms with Gasteiger partial charge in [0.2, 0.25) is 0 Å². The Morgan fingerprint density at radius 2 is 1.86 bits per heavy atom. The van der Waals surface area contributed by atoms with Crippen LogP contribution in [-0.2, 0) is 9.47 Å². The molecule has 2 atom stereocenters. The molecule has 2 aromatic carbocycles. The summed E-state index contributed by atoms with van der Waals surface area (Å²) in [5, 5.41) is 9.40. The quantitative estimate of drug-likeness (QED) is 0.439. The van der Waals surface area contributed by atoms with Crippen LogP contribution < -0.4 is 4.74 Å². The van der Waals surface area contributed by atoms with Crippen molar-refractivity contribution < 1.29 is 23.4 Å². The van der Waals surface area contributed by atoms with E-state index in [4.69, 9.17) is 25.8 Å². The molecule has 0 saturated carbocycles. The highest BCUT2D eigenvalue weighted by atomic mass is 35.5. The Hall–Kier alpha value is -2.82. The summed E-state index contributed by atoms with van der Waals surface area (Å²) in [5.41, 5.74) is -1.52. The number of hydrogen-bond donors (Lipinski definition) is 0. The molecular formula is C27H32ClFN2O4. The predicted molar refractivity (Wildman–Crippen MR) is 132 cm³/mol. The van der Waals surface area contributed by atoms with Crippen molar-refractivity contribution in [3.8, 4) is 11.8 Å². The van der Waals surface area contributed by atoms with Crippen LogP contribution in [0.25, 0.3) is 0 Å². The highest BCUT2D eigenvalue weighted by Crippen LogP contribution is 2.44. The molecule has 0 unspecified atom stereocenters. The van der Waals surface area contributed by atoms with Gasteiger partial charge in [-0.15, -0.1) is 0 Å². The van der Waals surface area contributed by atoms with Gasteiger partial charge in [-0.1, -0.05) is 41.9 Å². The van der Waals surface area contributed by atoms with Crippen LogP contribution in [0.2, 0.25) is 5.02 Å². The fourth-order valence-electron chi connectivity index (χ4n) is 4.48. The molecule has 1 aliphatic rings. The van der Waals surface area contributed by atoms with Gasteiger partial charge in [0.25, 0.3) is 0 Å². The predicted octanol–water partition coefficient (Wildman–Crippen LogP) is 7.01. The molecule has 0 bridgehead atoms. The maximum atomic E-state index is 14.0. The van der Waals surface area contributed by atoms with Crippen molar-refractivity contribution in [2.45, 2.75) is 84.0 Å². The SMILES string of the molecule is CC(C)(C)OC(=O)N1[C@@H](C[C@@H](Oc2cc(Cl)c(F)cc2C#N)c2ccccc2)C(C)(C)OC1(C)C. The Morgan fingerprint density at radius 3 is 2.43 bits per heavy atom. The molecule has 0 aliphatic carbocycles. The van der Waals surface area contributed by atoms with Gasteiger partial charge in [-0.2, -0.15) is 5.26 Å². The monoisotopic (exact) mass is 502 g/mol. The van der Waals surface area contributed by atoms with Crippen LogP contribution in [0.4, 0.5) is 9.18 Å². The van der Waals surface area contributed by atoms with E-state index in [0.29, 0.717) is 6.42 Å². The standard InChI is InChI=1S/C27H32ClFN2O4/c1-25(2,3)34-24(32)31-23(26(4,5)35-27(31,6)7)15-22(17-11-9-8-10-12-17)33-21-14-19(28)20(29)13-18(21)16-30/h8-14,22-23H,15H2,1-7H3/t22-,23+/m1/s1. The topological polar surface area (TPSA) is 71.8 Å². The van der Waals surface area contributed by atoms with Crippen molar-refractivity contribution in [3.05, 3.63) is 64.4 Å². The summed E-state index contributed by atoms with van der Waals surface area (Å²) >= 11 is 6.00. The van der Waals surface area contributed by atoms with E-state index in [-0.39, 0.29) is 16.3 Å². The van der Waals surface area contributed by atoms with E-state index in [2.05, 4.69) is 0 Å². The Morgan fingerprint density at radius 1 is 1.23 bits per heavy atom. The molecule has 1 saturated heterocycles. The van der Waals surface area contributed by atoms with Gasteiger partial charge >= 0.3 is 6.09 Å². The number of amides is 1. The first-order valence-electron chi connectivity index (χ1n) is 11.5. The summed E-state index contributed by atoms with van der Waals surface area (Å²) < 4.78 is 32.3. The second kappa shape index (κ2) is 9.67. The maximum Gasteiger partial charge on any atom is 0.412 e. The fourth-order valence-corrected chi connectivity index (χ4v) is 4.64. The molecule has 1 heterocycles. The zero-order chi connectivity index (χ0) is 26.2. The molecule has 0 N–H and O–H groups in total. The summed E-state index contributed by atoms with van der Waals surface area (Å²) in [7, 11) is 0. The van der Waals surface area contributed by atoms with E-state index >= 15 is 0 Å². The number of carbonyl (C=O) groups excluding carboxylic acids is 1. The molecular weight excluding hydrogens is 471 g/mol. The molecule has 8 heteroatoms. The molecule has 1 amide bonds. The van der Waals surface area contributed by atoms with Crippen LogP contribution in [0.1, 0.15) is 72.1 Å². The molecule has 3 rings (SSSR count). The van der Waals surface area contributed by atoms with Gasteiger partial charge in [0.15, 0.2) is 0 Å². The maximum absolute atomic E-state index is 14.0. The molecule has 0 aromatic heterocycles. The first-order valence-corrected chi connectivity index (χ1v) is 11.9. The lowest BCUT2D eigenvalue weighted by Crippen LogP contribution is -2.51. The average Bonchev–Trinajstić information content (AvgIpc) is 2.92. The number of nitrogens with zero attached hydrogens (tertiary/aromatic N) is 2. The van der Waals surface area contributed by atoms with Crippen molar-refractivity contribution >= 4 is 17.7 Å². The minimum atomic E-state index is -0.936. The van der Waals surface area contributed by atoms with Crippen molar-refractivity contribution in [3.63, 3.8) is 0 Å². The van der Waals surface area contributed by atoms with Crippen LogP contribution in [-0.4, -0.2) is 34.0 Å². The van der Waals surface area contributed by atoms with E-state index in [1.54, 1.807) is 4.90 Å². The molecule has 1 fully saturated rings. The number of hydrogen-bond acceptors (Lipinski definition) is 5. The van der Waals surface area contributed by atoms with Crippen molar-refractivity contribution in [1.82, 2.24) is 4.90 Å². The number of benzene rings is 2. The Labute approximate surface area is 211 Å². The van der Waals surface area contributed by atoms with Gasteiger partial charge < -0.3 is 14.2 Å². The zero-order valence-corrected chi connectivity index (χ0v) is 21.9. The highest BCUT2D eigenvalue weighted by molar-refractivity contribution is 6.30. The van der Waals surface area contributed by atoms with Crippen molar-refractivity contribution in [2.24, 2.45) is 0 Å². The van der Waals surface area contributed by atoms with Gasteiger partial charge in [0, 0.05) is 12.5 Å². The minimum absolute atomic E-state index is 0.0269. The van der Waals surface area contributed by atoms with Gasteiger partial charge in [0.05, 0.1) is 22.2 Å². The first kappa shape index (κ1) is 26.8. The third-order valence-electron chi connectivity index (χ3n) is 5.82. The number of carbonyl (C=O) groups is 1. The Kier molecular flexibility index (Phi) is 7.40. The minimum Gasteiger partial charge on any atom is -0.484 e. The number of ether oxygens (including phenoxy) is 3. The molecule has 2 aromatic rings. The number of nitriles is 1. The number of halogens is 2. The molecule has 6 nitrogen and oxygen atoms in total. The van der Waals surface area contributed by atoms with Crippen LogP contribution in [0.15, 0.2) is 42.5 Å². The normalized spacial score (nSPS) is 19.7. The van der Waals surface area contributed by atoms with Crippen LogP contribution in [0.3, 0.4) is 0 Å². The van der Waals surface area contributed by atoms with E-state index < -0.39 is 41.0 Å². The summed E-state index contributed by atoms with van der Waals surface area (Å²) in [6, 6.07) is 13.3. The third-order valence-corrected chi connectivity index (χ3v) is 6.11. The molecule has 35 heavy (non-hydrogen) atoms. The summed E-state index contributed by atoms with van der Waals surface area (Å²) in [6.45, 7) is 12.9. The van der Waals surface area contributed by atoms with E-state index in [9.17, 15) is 14.4 Å². The van der Waals surface area contributed by atoms with Crippen LogP contribution >= 0.6 is 11.6 Å². The largest absolute Gasteiger partial charge is 0.484 e. The van der Waals surface area contributed by atoms with Crippen LogP contribution in [0.5, 0.6) is 5.75 Å². The van der Waals surface area contributed by atoms with Crippen molar-refractivity contribution in [2.75, 3.05) is 0 Å².